The number of pyridine rings is 1. The van der Waals surface area contributed by atoms with E-state index in [1.807, 2.05) is 37.3 Å². The highest BCUT2D eigenvalue weighted by molar-refractivity contribution is 5.92. The lowest BCUT2D eigenvalue weighted by atomic mass is 10.1. The quantitative estimate of drug-likeness (QED) is 0.929. The number of nitrogens with one attached hydrogen (secondary N) is 1. The van der Waals surface area contributed by atoms with E-state index < -0.39 is 0 Å². The Labute approximate surface area is 116 Å². The summed E-state index contributed by atoms with van der Waals surface area (Å²) in [5.74, 6) is 1.89. The molecule has 0 saturated carbocycles. The fraction of sp³-hybridized carbons (Fsp3) is 0.200. The number of anilines is 1. The average Bonchev–Trinajstić information content (AvgIpc) is 2.89. The van der Waals surface area contributed by atoms with Gasteiger partial charge in [-0.05, 0) is 36.2 Å². The Kier molecular flexibility index (Phi) is 3.25. The van der Waals surface area contributed by atoms with Crippen LogP contribution in [0.2, 0.25) is 0 Å². The molecule has 0 saturated heterocycles. The van der Waals surface area contributed by atoms with Gasteiger partial charge in [0.1, 0.15) is 5.82 Å². The number of nitrogens with zero attached hydrogens (tertiary/aromatic N) is 1. The minimum atomic E-state index is -0.106. The van der Waals surface area contributed by atoms with E-state index in [0.717, 1.165) is 16.9 Å². The Balaban J connectivity index is 1.69. The molecule has 1 amide bonds. The molecule has 0 bridgehead atoms. The summed E-state index contributed by atoms with van der Waals surface area (Å²) in [4.78, 5) is 16.2. The molecule has 102 valence electrons. The summed E-state index contributed by atoms with van der Waals surface area (Å²) in [5, 5.41) is 2.80. The molecule has 1 aromatic carbocycles. The number of fused-ring (bicyclic) bond motifs is 1. The molecule has 1 aliphatic rings. The second-order valence-electron chi connectivity index (χ2n) is 4.58. The molecule has 0 aliphatic carbocycles. The topological polar surface area (TPSA) is 60.5 Å². The van der Waals surface area contributed by atoms with Crippen molar-refractivity contribution in [3.05, 3.63) is 47.7 Å². The van der Waals surface area contributed by atoms with Crippen LogP contribution in [0.3, 0.4) is 0 Å². The summed E-state index contributed by atoms with van der Waals surface area (Å²) < 4.78 is 10.5. The van der Waals surface area contributed by atoms with Crippen LogP contribution in [0.1, 0.15) is 11.1 Å². The van der Waals surface area contributed by atoms with Gasteiger partial charge >= 0.3 is 0 Å². The van der Waals surface area contributed by atoms with E-state index in [2.05, 4.69) is 10.3 Å². The highest BCUT2D eigenvalue weighted by Gasteiger charge is 2.14. The Hall–Kier alpha value is -2.56. The van der Waals surface area contributed by atoms with Gasteiger partial charge < -0.3 is 14.8 Å². The van der Waals surface area contributed by atoms with Crippen LogP contribution in [0, 0.1) is 6.92 Å². The number of ether oxygens (including phenoxy) is 2. The first-order valence-corrected chi connectivity index (χ1v) is 6.32. The van der Waals surface area contributed by atoms with Crippen LogP contribution < -0.4 is 14.8 Å². The van der Waals surface area contributed by atoms with E-state index in [0.29, 0.717) is 11.6 Å². The fourth-order valence-corrected chi connectivity index (χ4v) is 2.03. The van der Waals surface area contributed by atoms with Crippen molar-refractivity contribution in [2.24, 2.45) is 0 Å². The van der Waals surface area contributed by atoms with Gasteiger partial charge in [0.25, 0.3) is 0 Å². The Morgan fingerprint density at radius 1 is 1.30 bits per heavy atom. The Morgan fingerprint density at radius 2 is 2.15 bits per heavy atom. The highest BCUT2D eigenvalue weighted by atomic mass is 16.7. The van der Waals surface area contributed by atoms with Gasteiger partial charge in [0.05, 0.1) is 6.42 Å². The molecule has 0 spiro atoms. The lowest BCUT2D eigenvalue weighted by molar-refractivity contribution is -0.115. The zero-order valence-corrected chi connectivity index (χ0v) is 11.1. The maximum atomic E-state index is 12.0. The number of hydrogen-bond acceptors (Lipinski definition) is 4. The van der Waals surface area contributed by atoms with E-state index >= 15 is 0 Å². The number of benzene rings is 1. The SMILES string of the molecule is Cc1cccnc1NC(=O)Cc1ccc2c(c1)OCO2. The van der Waals surface area contributed by atoms with E-state index in [1.54, 1.807) is 6.20 Å². The molecule has 0 unspecified atom stereocenters. The van der Waals surface area contributed by atoms with Gasteiger partial charge in [0.15, 0.2) is 11.5 Å². The Bertz CT molecular complexity index is 655. The van der Waals surface area contributed by atoms with Crippen molar-refractivity contribution in [2.75, 3.05) is 12.1 Å². The molecule has 0 radical (unpaired) electrons. The smallest absolute Gasteiger partial charge is 0.231 e. The van der Waals surface area contributed by atoms with Crippen LogP contribution in [0.15, 0.2) is 36.5 Å². The van der Waals surface area contributed by atoms with Crippen molar-refractivity contribution in [3.8, 4) is 11.5 Å². The fourth-order valence-electron chi connectivity index (χ4n) is 2.03. The zero-order chi connectivity index (χ0) is 13.9. The predicted molar refractivity (Wildman–Crippen MR) is 73.9 cm³/mol. The van der Waals surface area contributed by atoms with Gasteiger partial charge in [0.2, 0.25) is 12.7 Å². The first kappa shape index (κ1) is 12.5. The molecule has 1 aromatic heterocycles. The second-order valence-corrected chi connectivity index (χ2v) is 4.58. The molecule has 3 rings (SSSR count). The lowest BCUT2D eigenvalue weighted by Crippen LogP contribution is -2.16. The zero-order valence-electron chi connectivity index (χ0n) is 11.1. The normalized spacial score (nSPS) is 12.2. The van der Waals surface area contributed by atoms with Crippen molar-refractivity contribution < 1.29 is 14.3 Å². The van der Waals surface area contributed by atoms with Crippen molar-refractivity contribution >= 4 is 11.7 Å². The molecule has 2 heterocycles. The molecule has 0 atom stereocenters. The number of aromatic nitrogens is 1. The van der Waals surface area contributed by atoms with Crippen LogP contribution in [-0.4, -0.2) is 17.7 Å². The van der Waals surface area contributed by atoms with Crippen molar-refractivity contribution in [2.45, 2.75) is 13.3 Å². The lowest BCUT2D eigenvalue weighted by Gasteiger charge is -2.07. The average molecular weight is 270 g/mol. The number of aryl methyl sites for hydroxylation is 1. The molecule has 0 fully saturated rings. The molecule has 2 aromatic rings. The van der Waals surface area contributed by atoms with E-state index in [1.165, 1.54) is 0 Å². The molecular weight excluding hydrogens is 256 g/mol. The van der Waals surface area contributed by atoms with E-state index in [-0.39, 0.29) is 19.1 Å². The van der Waals surface area contributed by atoms with Gasteiger partial charge in [-0.15, -0.1) is 0 Å². The minimum absolute atomic E-state index is 0.106. The summed E-state index contributed by atoms with van der Waals surface area (Å²) in [5.41, 5.74) is 1.81. The van der Waals surface area contributed by atoms with Gasteiger partial charge in [0, 0.05) is 6.20 Å². The third kappa shape index (κ3) is 2.56. The summed E-state index contributed by atoms with van der Waals surface area (Å²) >= 11 is 0. The van der Waals surface area contributed by atoms with E-state index in [4.69, 9.17) is 9.47 Å². The third-order valence-corrected chi connectivity index (χ3v) is 3.07. The second kappa shape index (κ2) is 5.21. The van der Waals surface area contributed by atoms with Gasteiger partial charge in [-0.1, -0.05) is 12.1 Å². The number of carbonyl (C=O) groups is 1. The van der Waals surface area contributed by atoms with Crippen LogP contribution in [0.5, 0.6) is 11.5 Å². The molecule has 5 heteroatoms. The van der Waals surface area contributed by atoms with Gasteiger partial charge in [-0.25, -0.2) is 4.98 Å². The van der Waals surface area contributed by atoms with E-state index in [9.17, 15) is 4.79 Å². The maximum absolute atomic E-state index is 12.0. The number of amides is 1. The van der Waals surface area contributed by atoms with Crippen LogP contribution in [0.4, 0.5) is 5.82 Å². The first-order valence-electron chi connectivity index (χ1n) is 6.32. The molecule has 20 heavy (non-hydrogen) atoms. The molecule has 1 aliphatic heterocycles. The number of carbonyl (C=O) groups excluding carboxylic acids is 1. The summed E-state index contributed by atoms with van der Waals surface area (Å²) in [7, 11) is 0. The monoisotopic (exact) mass is 270 g/mol. The molecule has 5 nitrogen and oxygen atoms in total. The summed E-state index contributed by atoms with van der Waals surface area (Å²) in [6, 6.07) is 9.24. The minimum Gasteiger partial charge on any atom is -0.454 e. The Morgan fingerprint density at radius 3 is 3.00 bits per heavy atom. The number of rotatable bonds is 3. The standard InChI is InChI=1S/C15H14N2O3/c1-10-3-2-6-16-15(10)17-14(18)8-11-4-5-12-13(7-11)20-9-19-12/h2-7H,8-9H2,1H3,(H,16,17,18). The predicted octanol–water partition coefficient (Wildman–Crippen LogP) is 2.30. The largest absolute Gasteiger partial charge is 0.454 e. The van der Waals surface area contributed by atoms with Crippen molar-refractivity contribution in [3.63, 3.8) is 0 Å². The highest BCUT2D eigenvalue weighted by Crippen LogP contribution is 2.32. The van der Waals surface area contributed by atoms with Crippen LogP contribution in [0.25, 0.3) is 0 Å². The van der Waals surface area contributed by atoms with Crippen molar-refractivity contribution in [1.82, 2.24) is 4.98 Å². The van der Waals surface area contributed by atoms with Crippen LogP contribution in [-0.2, 0) is 11.2 Å². The summed E-state index contributed by atoms with van der Waals surface area (Å²) in [6.45, 7) is 2.14. The molecular formula is C15H14N2O3. The van der Waals surface area contributed by atoms with Crippen LogP contribution >= 0.6 is 0 Å². The third-order valence-electron chi connectivity index (χ3n) is 3.07. The maximum Gasteiger partial charge on any atom is 0.231 e. The molecule has 1 N–H and O–H groups in total. The van der Waals surface area contributed by atoms with Gasteiger partial charge in [-0.2, -0.15) is 0 Å². The first-order chi connectivity index (χ1) is 9.72. The van der Waals surface area contributed by atoms with Gasteiger partial charge in [-0.3, -0.25) is 4.79 Å². The summed E-state index contributed by atoms with van der Waals surface area (Å²) in [6.07, 6.45) is 1.93. The number of hydrogen-bond donors (Lipinski definition) is 1. The van der Waals surface area contributed by atoms with Crippen molar-refractivity contribution in [1.29, 1.82) is 0 Å².